The molecule has 0 aromatic heterocycles. The zero-order valence-corrected chi connectivity index (χ0v) is 10.8. The van der Waals surface area contributed by atoms with Crippen molar-refractivity contribution in [1.82, 2.24) is 4.90 Å². The van der Waals surface area contributed by atoms with E-state index >= 15 is 0 Å². The van der Waals surface area contributed by atoms with Crippen molar-refractivity contribution in [2.24, 2.45) is 0 Å². The molecule has 1 amide bonds. The lowest BCUT2D eigenvalue weighted by Gasteiger charge is -2.16. The van der Waals surface area contributed by atoms with Crippen LogP contribution in [-0.2, 0) is 4.79 Å². The molecular weight excluding hydrogens is 246 g/mol. The Bertz CT molecular complexity index is 498. The van der Waals surface area contributed by atoms with Gasteiger partial charge in [0.25, 0.3) is 0 Å². The summed E-state index contributed by atoms with van der Waals surface area (Å²) >= 11 is 1.67. The zero-order chi connectivity index (χ0) is 12.5. The minimum atomic E-state index is 0.0591. The Balaban J connectivity index is 1.85. The molecule has 0 spiro atoms. The maximum atomic E-state index is 11.7. The molecule has 2 aliphatic rings. The van der Waals surface area contributed by atoms with Gasteiger partial charge in [-0.3, -0.25) is 4.79 Å². The molecule has 0 aliphatic carbocycles. The fraction of sp³-hybridized carbons (Fsp3) is 0.357. The summed E-state index contributed by atoms with van der Waals surface area (Å²) in [6.45, 7) is 0.725. The van der Waals surface area contributed by atoms with Crippen LogP contribution in [-0.4, -0.2) is 35.1 Å². The number of carbonyl (C=O) groups is 1. The van der Waals surface area contributed by atoms with Gasteiger partial charge in [-0.15, -0.1) is 0 Å². The first-order valence-corrected chi connectivity index (χ1v) is 6.96. The van der Waals surface area contributed by atoms with Gasteiger partial charge < -0.3 is 10.0 Å². The first-order chi connectivity index (χ1) is 8.79. The number of benzene rings is 1. The van der Waals surface area contributed by atoms with Gasteiger partial charge in [0, 0.05) is 16.2 Å². The van der Waals surface area contributed by atoms with Crippen molar-refractivity contribution >= 4 is 17.7 Å². The van der Waals surface area contributed by atoms with E-state index in [1.807, 2.05) is 23.1 Å². The van der Waals surface area contributed by atoms with Crippen LogP contribution in [0.15, 0.2) is 45.7 Å². The summed E-state index contributed by atoms with van der Waals surface area (Å²) in [5.41, 5.74) is 1.04. The highest BCUT2D eigenvalue weighted by Gasteiger charge is 2.39. The molecule has 3 rings (SSSR count). The molecule has 1 aromatic carbocycles. The van der Waals surface area contributed by atoms with E-state index in [-0.39, 0.29) is 18.6 Å². The molecule has 2 aliphatic heterocycles. The van der Waals surface area contributed by atoms with Gasteiger partial charge in [0.05, 0.1) is 19.2 Å². The Morgan fingerprint density at radius 2 is 2.11 bits per heavy atom. The molecule has 1 aromatic rings. The maximum Gasteiger partial charge on any atom is 0.223 e. The second-order valence-electron chi connectivity index (χ2n) is 4.60. The Morgan fingerprint density at radius 3 is 2.83 bits per heavy atom. The highest BCUT2D eigenvalue weighted by molar-refractivity contribution is 8.03. The Morgan fingerprint density at radius 1 is 1.33 bits per heavy atom. The average molecular weight is 261 g/mol. The van der Waals surface area contributed by atoms with Crippen molar-refractivity contribution in [2.45, 2.75) is 23.8 Å². The van der Waals surface area contributed by atoms with Crippen molar-refractivity contribution < 1.29 is 9.90 Å². The van der Waals surface area contributed by atoms with Crippen molar-refractivity contribution in [3.63, 3.8) is 0 Å². The van der Waals surface area contributed by atoms with Crippen molar-refractivity contribution in [1.29, 1.82) is 0 Å². The summed E-state index contributed by atoms with van der Waals surface area (Å²) in [6.07, 6.45) is 1.48. The van der Waals surface area contributed by atoms with Crippen molar-refractivity contribution in [2.75, 3.05) is 13.2 Å². The highest BCUT2D eigenvalue weighted by Crippen LogP contribution is 2.40. The summed E-state index contributed by atoms with van der Waals surface area (Å²) in [4.78, 5) is 15.9. The minimum Gasteiger partial charge on any atom is -0.392 e. The summed E-state index contributed by atoms with van der Waals surface area (Å²) in [7, 11) is 0. The molecule has 0 bridgehead atoms. The predicted molar refractivity (Wildman–Crippen MR) is 71.1 cm³/mol. The summed E-state index contributed by atoms with van der Waals surface area (Å²) in [5.74, 6) is 0.217. The molecule has 2 heterocycles. The van der Waals surface area contributed by atoms with E-state index < -0.39 is 0 Å². The topological polar surface area (TPSA) is 40.5 Å². The Kier molecular flexibility index (Phi) is 3.14. The van der Waals surface area contributed by atoms with Crippen LogP contribution < -0.4 is 0 Å². The molecule has 94 valence electrons. The van der Waals surface area contributed by atoms with Crippen molar-refractivity contribution in [3.8, 4) is 0 Å². The number of hydrogen-bond acceptors (Lipinski definition) is 3. The maximum absolute atomic E-state index is 11.7. The molecule has 1 N–H and O–H groups in total. The van der Waals surface area contributed by atoms with Crippen LogP contribution in [0, 0.1) is 0 Å². The van der Waals surface area contributed by atoms with Gasteiger partial charge in [-0.05, 0) is 24.1 Å². The van der Waals surface area contributed by atoms with E-state index in [0.717, 1.165) is 21.8 Å². The molecule has 1 fully saturated rings. The van der Waals surface area contributed by atoms with E-state index in [2.05, 4.69) is 12.1 Å². The molecular formula is C14H15NO2S. The second-order valence-corrected chi connectivity index (χ2v) is 5.77. The molecule has 0 unspecified atom stereocenters. The van der Waals surface area contributed by atoms with Gasteiger partial charge in [0.2, 0.25) is 5.91 Å². The van der Waals surface area contributed by atoms with Crippen LogP contribution in [0.5, 0.6) is 0 Å². The van der Waals surface area contributed by atoms with E-state index in [1.54, 1.807) is 11.8 Å². The number of rotatable bonds is 3. The lowest BCUT2D eigenvalue weighted by molar-refractivity contribution is -0.127. The SMILES string of the molecule is O=C1CC[C@H]2C(CO)=C(Sc3ccccc3)CN12. The van der Waals surface area contributed by atoms with Gasteiger partial charge in [0.1, 0.15) is 0 Å². The standard InChI is InChI=1S/C14H15NO2S/c16-9-11-12-6-7-14(17)15(12)8-13(11)18-10-4-2-1-3-5-10/h1-5,12,16H,6-9H2/t12-/m0/s1. The molecule has 3 nitrogen and oxygen atoms in total. The van der Waals surface area contributed by atoms with Gasteiger partial charge in [-0.2, -0.15) is 0 Å². The van der Waals surface area contributed by atoms with Crippen LogP contribution in [0.25, 0.3) is 0 Å². The summed E-state index contributed by atoms with van der Waals surface area (Å²) in [6, 6.07) is 10.2. The van der Waals surface area contributed by atoms with Crippen LogP contribution in [0.1, 0.15) is 12.8 Å². The monoisotopic (exact) mass is 261 g/mol. The first kappa shape index (κ1) is 11.8. The molecule has 1 atom stereocenters. The van der Waals surface area contributed by atoms with Crippen LogP contribution >= 0.6 is 11.8 Å². The molecule has 0 radical (unpaired) electrons. The zero-order valence-electron chi connectivity index (χ0n) is 10.0. The van der Waals surface area contributed by atoms with E-state index in [4.69, 9.17) is 0 Å². The van der Waals surface area contributed by atoms with E-state index in [0.29, 0.717) is 13.0 Å². The minimum absolute atomic E-state index is 0.0591. The lowest BCUT2D eigenvalue weighted by Crippen LogP contribution is -2.29. The number of carbonyl (C=O) groups excluding carboxylic acids is 1. The number of aliphatic hydroxyl groups is 1. The van der Waals surface area contributed by atoms with Gasteiger partial charge in [-0.1, -0.05) is 30.0 Å². The molecule has 1 saturated heterocycles. The fourth-order valence-electron chi connectivity index (χ4n) is 2.66. The number of thioether (sulfide) groups is 1. The normalized spacial score (nSPS) is 22.8. The number of nitrogens with zero attached hydrogens (tertiary/aromatic N) is 1. The third kappa shape index (κ3) is 1.95. The molecule has 4 heteroatoms. The molecule has 18 heavy (non-hydrogen) atoms. The van der Waals surface area contributed by atoms with Crippen LogP contribution in [0.3, 0.4) is 0 Å². The summed E-state index contributed by atoms with van der Waals surface area (Å²) < 4.78 is 0. The van der Waals surface area contributed by atoms with Gasteiger partial charge in [-0.25, -0.2) is 0 Å². The Hall–Kier alpha value is -1.26. The lowest BCUT2D eigenvalue weighted by atomic mass is 10.1. The van der Waals surface area contributed by atoms with Crippen LogP contribution in [0.2, 0.25) is 0 Å². The average Bonchev–Trinajstić information content (AvgIpc) is 2.91. The van der Waals surface area contributed by atoms with E-state index in [9.17, 15) is 9.90 Å². The molecule has 0 saturated carbocycles. The number of hydrogen-bond donors (Lipinski definition) is 1. The third-order valence-corrected chi connectivity index (χ3v) is 4.70. The quantitative estimate of drug-likeness (QED) is 0.905. The summed E-state index contributed by atoms with van der Waals surface area (Å²) in [5, 5.41) is 9.54. The first-order valence-electron chi connectivity index (χ1n) is 6.14. The van der Waals surface area contributed by atoms with Gasteiger partial charge >= 0.3 is 0 Å². The number of amides is 1. The highest BCUT2D eigenvalue weighted by atomic mass is 32.2. The fourth-order valence-corrected chi connectivity index (χ4v) is 3.77. The smallest absolute Gasteiger partial charge is 0.223 e. The van der Waals surface area contributed by atoms with E-state index in [1.165, 1.54) is 0 Å². The Labute approximate surface area is 110 Å². The predicted octanol–water partition coefficient (Wildman–Crippen LogP) is 2.03. The van der Waals surface area contributed by atoms with Gasteiger partial charge in [0.15, 0.2) is 0 Å². The van der Waals surface area contributed by atoms with Crippen molar-refractivity contribution in [3.05, 3.63) is 40.8 Å². The van der Waals surface area contributed by atoms with Crippen LogP contribution in [0.4, 0.5) is 0 Å². The largest absolute Gasteiger partial charge is 0.392 e. The number of fused-ring (bicyclic) bond motifs is 1. The number of aliphatic hydroxyl groups excluding tert-OH is 1. The second kappa shape index (κ2) is 4.78. The third-order valence-electron chi connectivity index (χ3n) is 3.56.